The molecule has 7 heteroatoms. The molecular formula is C9H12ClN3O2S. The molecular weight excluding hydrogens is 250 g/mol. The van der Waals surface area contributed by atoms with Crippen LogP contribution in [0, 0.1) is 0 Å². The summed E-state index contributed by atoms with van der Waals surface area (Å²) in [6, 6.07) is 0. The number of amides is 1. The molecule has 0 aliphatic carbocycles. The molecule has 0 saturated heterocycles. The summed E-state index contributed by atoms with van der Waals surface area (Å²) in [4.78, 5) is 19.6. The van der Waals surface area contributed by atoms with E-state index in [0.717, 1.165) is 0 Å². The molecule has 1 heterocycles. The minimum atomic E-state index is -0.351. The third kappa shape index (κ3) is 3.62. The van der Waals surface area contributed by atoms with E-state index in [-0.39, 0.29) is 23.2 Å². The van der Waals surface area contributed by atoms with Gasteiger partial charge in [0.15, 0.2) is 10.9 Å². The smallest absolute Gasteiger partial charge is 0.271 e. The number of rotatable bonds is 5. The Morgan fingerprint density at radius 1 is 1.69 bits per heavy atom. The maximum Gasteiger partial charge on any atom is 0.271 e. The monoisotopic (exact) mass is 261 g/mol. The van der Waals surface area contributed by atoms with E-state index in [4.69, 9.17) is 16.7 Å². The fraction of sp³-hybridized carbons (Fsp3) is 0.444. The van der Waals surface area contributed by atoms with Gasteiger partial charge in [-0.1, -0.05) is 23.4 Å². The van der Waals surface area contributed by atoms with Gasteiger partial charge in [0, 0.05) is 13.2 Å². The lowest BCUT2D eigenvalue weighted by Gasteiger charge is -2.05. The molecule has 16 heavy (non-hydrogen) atoms. The molecule has 0 aliphatic rings. The number of nitrogens with one attached hydrogen (secondary N) is 1. The van der Waals surface area contributed by atoms with Crippen molar-refractivity contribution in [3.63, 3.8) is 0 Å². The normalized spacial score (nSPS) is 10.2. The van der Waals surface area contributed by atoms with E-state index in [1.165, 1.54) is 18.0 Å². The fourth-order valence-electron chi connectivity index (χ4n) is 0.973. The number of hydrogen-bond donors (Lipinski definition) is 2. The van der Waals surface area contributed by atoms with Crippen molar-refractivity contribution in [2.75, 3.05) is 19.4 Å². The van der Waals surface area contributed by atoms with Crippen LogP contribution in [-0.4, -0.2) is 40.4 Å². The van der Waals surface area contributed by atoms with Crippen LogP contribution in [0.2, 0.25) is 5.02 Å². The lowest BCUT2D eigenvalue weighted by molar-refractivity contribution is 0.0945. The molecule has 0 unspecified atom stereocenters. The van der Waals surface area contributed by atoms with Crippen LogP contribution in [0.1, 0.15) is 16.9 Å². The molecule has 0 atom stereocenters. The number of carbonyl (C=O) groups is 1. The van der Waals surface area contributed by atoms with Crippen molar-refractivity contribution in [3.8, 4) is 0 Å². The molecule has 1 amide bonds. The van der Waals surface area contributed by atoms with Gasteiger partial charge < -0.3 is 10.4 Å². The number of thioether (sulfide) groups is 1. The molecule has 0 aromatic carbocycles. The van der Waals surface area contributed by atoms with E-state index in [2.05, 4.69) is 15.3 Å². The average molecular weight is 262 g/mol. The highest BCUT2D eigenvalue weighted by molar-refractivity contribution is 7.98. The van der Waals surface area contributed by atoms with Crippen LogP contribution in [0.4, 0.5) is 0 Å². The Bertz CT molecular complexity index is 376. The second-order valence-corrected chi connectivity index (χ2v) is 4.07. The summed E-state index contributed by atoms with van der Waals surface area (Å²) in [5, 5.41) is 11.9. The van der Waals surface area contributed by atoms with Gasteiger partial charge in [0.2, 0.25) is 0 Å². The summed E-state index contributed by atoms with van der Waals surface area (Å²) in [5.41, 5.74) is 0.166. The molecule has 0 spiro atoms. The Hall–Kier alpha value is -0.850. The molecule has 0 fully saturated rings. The molecule has 0 bridgehead atoms. The molecule has 88 valence electrons. The molecule has 1 rings (SSSR count). The highest BCUT2D eigenvalue weighted by Crippen LogP contribution is 2.16. The largest absolute Gasteiger partial charge is 0.396 e. The number of nitrogens with zero attached hydrogens (tertiary/aromatic N) is 2. The molecule has 0 radical (unpaired) electrons. The Morgan fingerprint density at radius 3 is 3.06 bits per heavy atom. The molecule has 0 saturated carbocycles. The maximum absolute atomic E-state index is 11.6. The number of aliphatic hydroxyl groups excluding tert-OH is 1. The number of halogens is 1. The topological polar surface area (TPSA) is 75.1 Å². The molecule has 0 aliphatic heterocycles. The quantitative estimate of drug-likeness (QED) is 0.469. The number of hydrogen-bond acceptors (Lipinski definition) is 5. The highest BCUT2D eigenvalue weighted by Gasteiger charge is 2.13. The van der Waals surface area contributed by atoms with Crippen molar-refractivity contribution in [1.82, 2.24) is 15.3 Å². The number of carbonyl (C=O) groups excluding carboxylic acids is 1. The number of aromatic nitrogens is 2. The second kappa shape index (κ2) is 6.67. The molecule has 1 aromatic rings. The maximum atomic E-state index is 11.6. The van der Waals surface area contributed by atoms with E-state index < -0.39 is 0 Å². The van der Waals surface area contributed by atoms with Gasteiger partial charge >= 0.3 is 0 Å². The first-order valence-electron chi connectivity index (χ1n) is 4.64. The summed E-state index contributed by atoms with van der Waals surface area (Å²) in [6.07, 6.45) is 3.72. The second-order valence-electron chi connectivity index (χ2n) is 2.89. The summed E-state index contributed by atoms with van der Waals surface area (Å²) < 4.78 is 0. The molecule has 5 nitrogen and oxygen atoms in total. The van der Waals surface area contributed by atoms with Gasteiger partial charge in [-0.15, -0.1) is 0 Å². The lowest BCUT2D eigenvalue weighted by atomic mass is 10.3. The van der Waals surface area contributed by atoms with E-state index in [1.807, 2.05) is 6.26 Å². The van der Waals surface area contributed by atoms with Crippen LogP contribution < -0.4 is 5.32 Å². The first-order chi connectivity index (χ1) is 7.69. The summed E-state index contributed by atoms with van der Waals surface area (Å²) >= 11 is 7.15. The fourth-order valence-corrected chi connectivity index (χ4v) is 1.49. The van der Waals surface area contributed by atoms with Gasteiger partial charge in [-0.3, -0.25) is 4.79 Å². The summed E-state index contributed by atoms with van der Waals surface area (Å²) in [7, 11) is 0. The zero-order chi connectivity index (χ0) is 12.0. The average Bonchev–Trinajstić information content (AvgIpc) is 2.30. The third-order valence-corrected chi connectivity index (χ3v) is 2.58. The standard InChI is InChI=1S/C9H12ClN3O2S/c1-16-9-12-5-6(10)7(13-9)8(15)11-3-2-4-14/h5,14H,2-4H2,1H3,(H,11,15). The van der Waals surface area contributed by atoms with Gasteiger partial charge in [0.05, 0.1) is 11.2 Å². The zero-order valence-electron chi connectivity index (χ0n) is 8.73. The van der Waals surface area contributed by atoms with E-state index >= 15 is 0 Å². The van der Waals surface area contributed by atoms with Crippen molar-refractivity contribution >= 4 is 29.3 Å². The van der Waals surface area contributed by atoms with Crippen molar-refractivity contribution in [2.45, 2.75) is 11.6 Å². The van der Waals surface area contributed by atoms with Gasteiger partial charge in [0.25, 0.3) is 5.91 Å². The summed E-state index contributed by atoms with van der Waals surface area (Å²) in [5.74, 6) is -0.351. The van der Waals surface area contributed by atoms with Crippen molar-refractivity contribution in [1.29, 1.82) is 0 Å². The van der Waals surface area contributed by atoms with E-state index in [9.17, 15) is 4.79 Å². The predicted molar refractivity (Wildman–Crippen MR) is 62.9 cm³/mol. The van der Waals surface area contributed by atoms with Crippen molar-refractivity contribution in [3.05, 3.63) is 16.9 Å². The Kier molecular flexibility index (Phi) is 5.51. The zero-order valence-corrected chi connectivity index (χ0v) is 10.3. The van der Waals surface area contributed by atoms with E-state index in [1.54, 1.807) is 0 Å². The van der Waals surface area contributed by atoms with Crippen molar-refractivity contribution < 1.29 is 9.90 Å². The lowest BCUT2D eigenvalue weighted by Crippen LogP contribution is -2.26. The minimum absolute atomic E-state index is 0.0356. The Labute approximate surface area is 103 Å². The first kappa shape index (κ1) is 13.2. The van der Waals surface area contributed by atoms with E-state index in [0.29, 0.717) is 18.1 Å². The third-order valence-electron chi connectivity index (χ3n) is 1.74. The Morgan fingerprint density at radius 2 is 2.44 bits per heavy atom. The van der Waals surface area contributed by atoms with Gasteiger partial charge in [-0.2, -0.15) is 0 Å². The molecule has 2 N–H and O–H groups in total. The Balaban J connectivity index is 2.73. The highest BCUT2D eigenvalue weighted by atomic mass is 35.5. The van der Waals surface area contributed by atoms with Crippen LogP contribution in [0.25, 0.3) is 0 Å². The molecule has 1 aromatic heterocycles. The van der Waals surface area contributed by atoms with Crippen LogP contribution in [0.5, 0.6) is 0 Å². The van der Waals surface area contributed by atoms with Crippen LogP contribution >= 0.6 is 23.4 Å². The van der Waals surface area contributed by atoms with Crippen molar-refractivity contribution in [2.24, 2.45) is 0 Å². The van der Waals surface area contributed by atoms with Gasteiger partial charge in [-0.25, -0.2) is 9.97 Å². The predicted octanol–water partition coefficient (Wildman–Crippen LogP) is 0.964. The van der Waals surface area contributed by atoms with Gasteiger partial charge in [-0.05, 0) is 12.7 Å². The SMILES string of the molecule is CSc1ncc(Cl)c(C(=O)NCCCO)n1. The minimum Gasteiger partial charge on any atom is -0.396 e. The summed E-state index contributed by atoms with van der Waals surface area (Å²) in [6.45, 7) is 0.429. The van der Waals surface area contributed by atoms with Crippen LogP contribution in [-0.2, 0) is 0 Å². The van der Waals surface area contributed by atoms with Crippen LogP contribution in [0.3, 0.4) is 0 Å². The first-order valence-corrected chi connectivity index (χ1v) is 6.25. The number of aliphatic hydroxyl groups is 1. The van der Waals surface area contributed by atoms with Gasteiger partial charge in [0.1, 0.15) is 0 Å². The van der Waals surface area contributed by atoms with Crippen LogP contribution in [0.15, 0.2) is 11.4 Å².